The van der Waals surface area contributed by atoms with Crippen molar-refractivity contribution in [1.29, 1.82) is 0 Å². The van der Waals surface area contributed by atoms with Crippen molar-refractivity contribution in [1.82, 2.24) is 20.1 Å². The van der Waals surface area contributed by atoms with E-state index in [0.717, 1.165) is 18.7 Å². The summed E-state index contributed by atoms with van der Waals surface area (Å²) in [6.45, 7) is 11.5. The van der Waals surface area contributed by atoms with E-state index in [2.05, 4.69) is 27.0 Å². The summed E-state index contributed by atoms with van der Waals surface area (Å²) in [6, 6.07) is 1.74. The molecule has 0 aliphatic carbocycles. The number of aromatic nitrogens is 1. The van der Waals surface area contributed by atoms with E-state index < -0.39 is 12.1 Å². The SMILES string of the molecule is CCC(F)(F)c1cc2c(cn1)C(C)(C)CN2C(=O)CN1C[C@@H](C)NC[C@@H]1CN1CC[C@@H](F)C1. The summed E-state index contributed by atoms with van der Waals surface area (Å²) in [5, 5.41) is 3.47. The average Bonchev–Trinajstić information content (AvgIpc) is 3.29. The van der Waals surface area contributed by atoms with Gasteiger partial charge in [-0.2, -0.15) is 8.78 Å². The fourth-order valence-corrected chi connectivity index (χ4v) is 5.27. The Balaban J connectivity index is 1.53. The highest BCUT2D eigenvalue weighted by Gasteiger charge is 2.42. The number of hydrogen-bond acceptors (Lipinski definition) is 5. The Morgan fingerprint density at radius 2 is 2.09 bits per heavy atom. The van der Waals surface area contributed by atoms with Gasteiger partial charge in [-0.15, -0.1) is 0 Å². The topological polar surface area (TPSA) is 51.7 Å². The van der Waals surface area contributed by atoms with Crippen LogP contribution in [0.3, 0.4) is 0 Å². The van der Waals surface area contributed by atoms with Gasteiger partial charge in [-0.25, -0.2) is 4.39 Å². The van der Waals surface area contributed by atoms with E-state index >= 15 is 0 Å². The summed E-state index contributed by atoms with van der Waals surface area (Å²) >= 11 is 0. The van der Waals surface area contributed by atoms with E-state index in [1.165, 1.54) is 19.2 Å². The predicted octanol–water partition coefficient (Wildman–Crippen LogP) is 2.91. The number of halogens is 3. The van der Waals surface area contributed by atoms with Gasteiger partial charge in [-0.3, -0.25) is 19.6 Å². The van der Waals surface area contributed by atoms with Gasteiger partial charge in [-0.1, -0.05) is 20.8 Å². The monoisotopic (exact) mass is 467 g/mol. The number of fused-ring (bicyclic) bond motifs is 1. The van der Waals surface area contributed by atoms with Gasteiger partial charge in [0.25, 0.3) is 5.92 Å². The Kier molecular flexibility index (Phi) is 6.77. The molecule has 4 rings (SSSR count). The van der Waals surface area contributed by atoms with Crippen LogP contribution in [-0.2, 0) is 16.1 Å². The third-order valence-electron chi connectivity index (χ3n) is 7.32. The van der Waals surface area contributed by atoms with Gasteiger partial charge in [0.05, 0.1) is 12.2 Å². The van der Waals surface area contributed by atoms with Crippen LogP contribution in [-0.4, -0.2) is 84.8 Å². The van der Waals surface area contributed by atoms with Crippen LogP contribution < -0.4 is 10.2 Å². The normalized spacial score (nSPS) is 28.3. The number of carbonyl (C=O) groups is 1. The Morgan fingerprint density at radius 3 is 2.76 bits per heavy atom. The maximum atomic E-state index is 14.4. The lowest BCUT2D eigenvalue weighted by molar-refractivity contribution is -0.120. The Hall–Kier alpha value is -1.71. The molecule has 0 saturated carbocycles. The summed E-state index contributed by atoms with van der Waals surface area (Å²) in [5.74, 6) is -3.12. The third-order valence-corrected chi connectivity index (χ3v) is 7.32. The number of amides is 1. The zero-order valence-corrected chi connectivity index (χ0v) is 20.1. The van der Waals surface area contributed by atoms with Gasteiger partial charge < -0.3 is 10.2 Å². The van der Waals surface area contributed by atoms with Gasteiger partial charge in [0, 0.05) is 74.9 Å². The second-order valence-corrected chi connectivity index (χ2v) is 10.5. The Bertz CT molecular complexity index is 880. The van der Waals surface area contributed by atoms with Gasteiger partial charge in [0.15, 0.2) is 0 Å². The molecule has 184 valence electrons. The molecule has 9 heteroatoms. The number of likely N-dealkylation sites (tertiary alicyclic amines) is 1. The zero-order valence-electron chi connectivity index (χ0n) is 20.1. The molecule has 3 aliphatic rings. The summed E-state index contributed by atoms with van der Waals surface area (Å²) in [4.78, 5) is 23.5. The van der Waals surface area contributed by atoms with Crippen molar-refractivity contribution in [3.05, 3.63) is 23.5 Å². The maximum Gasteiger partial charge on any atom is 0.289 e. The van der Waals surface area contributed by atoms with Crippen LogP contribution in [0, 0.1) is 0 Å². The van der Waals surface area contributed by atoms with Crippen molar-refractivity contribution < 1.29 is 18.0 Å². The van der Waals surface area contributed by atoms with Crippen LogP contribution in [0.25, 0.3) is 0 Å². The molecule has 0 radical (unpaired) electrons. The molecule has 1 aromatic heterocycles. The molecular weight excluding hydrogens is 431 g/mol. The highest BCUT2D eigenvalue weighted by molar-refractivity contribution is 5.97. The number of hydrogen-bond donors (Lipinski definition) is 1. The Morgan fingerprint density at radius 1 is 1.33 bits per heavy atom. The number of nitrogens with zero attached hydrogens (tertiary/aromatic N) is 4. The highest BCUT2D eigenvalue weighted by Crippen LogP contribution is 2.42. The van der Waals surface area contributed by atoms with Gasteiger partial charge >= 0.3 is 0 Å². The van der Waals surface area contributed by atoms with E-state index in [0.29, 0.717) is 38.3 Å². The lowest BCUT2D eigenvalue weighted by Crippen LogP contribution is -2.60. The molecule has 33 heavy (non-hydrogen) atoms. The number of rotatable bonds is 6. The summed E-state index contributed by atoms with van der Waals surface area (Å²) in [7, 11) is 0. The van der Waals surface area contributed by atoms with E-state index in [1.54, 1.807) is 4.90 Å². The molecule has 1 N–H and O–H groups in total. The fourth-order valence-electron chi connectivity index (χ4n) is 5.27. The third kappa shape index (κ3) is 5.05. The van der Waals surface area contributed by atoms with Crippen molar-refractivity contribution in [3.8, 4) is 0 Å². The molecule has 3 atom stereocenters. The quantitative estimate of drug-likeness (QED) is 0.697. The minimum atomic E-state index is -3.03. The first-order valence-corrected chi connectivity index (χ1v) is 12.0. The highest BCUT2D eigenvalue weighted by atomic mass is 19.3. The average molecular weight is 468 g/mol. The summed E-state index contributed by atoms with van der Waals surface area (Å²) in [5.41, 5.74) is 0.716. The first-order chi connectivity index (χ1) is 15.5. The molecule has 1 aromatic rings. The first kappa shape index (κ1) is 24.4. The number of piperazine rings is 1. The second kappa shape index (κ2) is 9.15. The van der Waals surface area contributed by atoms with Crippen LogP contribution in [0.5, 0.6) is 0 Å². The van der Waals surface area contributed by atoms with E-state index in [4.69, 9.17) is 0 Å². The molecule has 2 fully saturated rings. The van der Waals surface area contributed by atoms with Crippen LogP contribution >= 0.6 is 0 Å². The van der Waals surface area contributed by atoms with E-state index in [-0.39, 0.29) is 42.1 Å². The minimum Gasteiger partial charge on any atom is -0.311 e. The standard InChI is InChI=1S/C24H36F3N5O/c1-5-24(26,27)21-8-20-19(10-29-21)23(3,4)15-32(20)22(33)14-31-11-16(2)28-9-18(31)13-30-7-6-17(25)12-30/h8,10,16-18,28H,5-7,9,11-15H2,1-4H3/t16-,17-,18-/m1/s1. The van der Waals surface area contributed by atoms with Crippen molar-refractivity contribution in [2.45, 2.75) is 70.1 Å². The Labute approximate surface area is 194 Å². The number of alkyl halides is 3. The number of anilines is 1. The molecule has 0 spiro atoms. The fraction of sp³-hybridized carbons (Fsp3) is 0.750. The van der Waals surface area contributed by atoms with E-state index in [1.807, 2.05) is 13.8 Å². The molecule has 0 bridgehead atoms. The largest absolute Gasteiger partial charge is 0.311 e. The number of pyridine rings is 1. The van der Waals surface area contributed by atoms with E-state index in [9.17, 15) is 18.0 Å². The molecule has 2 saturated heterocycles. The van der Waals surface area contributed by atoms with Crippen molar-refractivity contribution >= 4 is 11.6 Å². The lowest BCUT2D eigenvalue weighted by Gasteiger charge is -2.41. The maximum absolute atomic E-state index is 14.4. The lowest BCUT2D eigenvalue weighted by atomic mass is 9.88. The van der Waals surface area contributed by atoms with Crippen LogP contribution in [0.2, 0.25) is 0 Å². The second-order valence-electron chi connectivity index (χ2n) is 10.5. The van der Waals surface area contributed by atoms with Gasteiger partial charge in [0.1, 0.15) is 11.9 Å². The van der Waals surface area contributed by atoms with Crippen molar-refractivity contribution in [2.24, 2.45) is 0 Å². The first-order valence-electron chi connectivity index (χ1n) is 12.0. The molecule has 0 unspecified atom stereocenters. The predicted molar refractivity (Wildman–Crippen MR) is 123 cm³/mol. The van der Waals surface area contributed by atoms with Crippen molar-refractivity contribution in [2.75, 3.05) is 50.7 Å². The van der Waals surface area contributed by atoms with Crippen LogP contribution in [0.15, 0.2) is 12.3 Å². The molecule has 4 heterocycles. The van der Waals surface area contributed by atoms with Crippen molar-refractivity contribution in [3.63, 3.8) is 0 Å². The number of carbonyl (C=O) groups excluding carboxylic acids is 1. The molecule has 0 aromatic carbocycles. The van der Waals surface area contributed by atoms with Gasteiger partial charge in [-0.05, 0) is 19.4 Å². The van der Waals surface area contributed by atoms with Crippen LogP contribution in [0.4, 0.5) is 18.9 Å². The van der Waals surface area contributed by atoms with Gasteiger partial charge in [0.2, 0.25) is 5.91 Å². The summed E-state index contributed by atoms with van der Waals surface area (Å²) in [6.07, 6.45) is 0.960. The zero-order chi connectivity index (χ0) is 24.0. The van der Waals surface area contributed by atoms with Crippen LogP contribution in [0.1, 0.15) is 51.8 Å². The molecular formula is C24H36F3N5O. The molecule has 3 aliphatic heterocycles. The molecule has 6 nitrogen and oxygen atoms in total. The molecule has 1 amide bonds. The smallest absolute Gasteiger partial charge is 0.289 e. The minimum absolute atomic E-state index is 0.0947. The number of nitrogens with one attached hydrogen (secondary N) is 1. The summed E-state index contributed by atoms with van der Waals surface area (Å²) < 4.78 is 42.4.